The van der Waals surface area contributed by atoms with Gasteiger partial charge in [-0.1, -0.05) is 36.4 Å². The molecule has 0 bridgehead atoms. The van der Waals surface area contributed by atoms with Crippen molar-refractivity contribution in [1.29, 1.82) is 0 Å². The molecule has 1 heterocycles. The van der Waals surface area contributed by atoms with Crippen molar-refractivity contribution < 1.29 is 0 Å². The Labute approximate surface area is 112 Å². The standard InChI is InChI=1S/C14H10S3/c1-3-7-11(8-4-1)13-15-14(17-16-13)12-9-5-2-6-10-12/h1-10H/q+2. The number of hydrogen-bond acceptors (Lipinski definition) is 1. The van der Waals surface area contributed by atoms with Gasteiger partial charge in [-0.2, -0.15) is 0 Å². The molecule has 0 saturated carbocycles. The van der Waals surface area contributed by atoms with Crippen LogP contribution in [0, 0.1) is 0 Å². The minimum atomic E-state index is 1.32. The van der Waals surface area contributed by atoms with Gasteiger partial charge in [0.05, 0.1) is 5.56 Å². The highest BCUT2D eigenvalue weighted by Gasteiger charge is 2.32. The Morgan fingerprint density at radius 1 is 0.706 bits per heavy atom. The van der Waals surface area contributed by atoms with Gasteiger partial charge in [0.15, 0.2) is 0 Å². The van der Waals surface area contributed by atoms with Crippen LogP contribution in [0.4, 0.5) is 0 Å². The molecule has 82 valence electrons. The Kier molecular flexibility index (Phi) is 3.22. The highest BCUT2D eigenvalue weighted by Crippen LogP contribution is 2.42. The molecule has 0 atom stereocenters. The zero-order chi connectivity index (χ0) is 11.5. The van der Waals surface area contributed by atoms with Crippen molar-refractivity contribution >= 4 is 32.0 Å². The predicted octanol–water partition coefficient (Wildman–Crippen LogP) is 5.77. The molecule has 0 radical (unpaired) electrons. The first-order valence-electron chi connectivity index (χ1n) is 5.30. The van der Waals surface area contributed by atoms with E-state index in [0.29, 0.717) is 0 Å². The number of rotatable bonds is 2. The molecule has 0 nitrogen and oxygen atoms in total. The van der Waals surface area contributed by atoms with E-state index in [0.717, 1.165) is 0 Å². The van der Waals surface area contributed by atoms with Crippen molar-refractivity contribution in [3.05, 3.63) is 60.7 Å². The fraction of sp³-hybridized carbons (Fsp3) is 0. The van der Waals surface area contributed by atoms with E-state index < -0.39 is 0 Å². The second-order valence-corrected chi connectivity index (χ2v) is 7.26. The van der Waals surface area contributed by atoms with Gasteiger partial charge in [0, 0.05) is 0 Å². The summed E-state index contributed by atoms with van der Waals surface area (Å²) >= 11 is 1.88. The van der Waals surface area contributed by atoms with Gasteiger partial charge in [0.2, 0.25) is 10.3 Å². The molecule has 0 spiro atoms. The van der Waals surface area contributed by atoms with Gasteiger partial charge in [-0.05, 0) is 24.3 Å². The van der Waals surface area contributed by atoms with E-state index >= 15 is 0 Å². The summed E-state index contributed by atoms with van der Waals surface area (Å²) in [5.74, 6) is 0. The lowest BCUT2D eigenvalue weighted by atomic mass is 10.2. The third-order valence-corrected chi connectivity index (χ3v) is 6.98. The lowest BCUT2D eigenvalue weighted by Crippen LogP contribution is -1.68. The van der Waals surface area contributed by atoms with Gasteiger partial charge >= 0.3 is 30.1 Å². The second-order valence-electron chi connectivity index (χ2n) is 3.58. The Bertz CT molecular complexity index is 546. The van der Waals surface area contributed by atoms with Crippen LogP contribution in [-0.4, -0.2) is 0 Å². The lowest BCUT2D eigenvalue weighted by molar-refractivity contribution is 1.72. The topological polar surface area (TPSA) is 0 Å². The minimum Gasteiger partial charge on any atom is -0.0622 e. The van der Waals surface area contributed by atoms with Crippen molar-refractivity contribution in [2.75, 3.05) is 0 Å². The largest absolute Gasteiger partial charge is 0.500 e. The average Bonchev–Trinajstić information content (AvgIpc) is 2.90. The highest BCUT2D eigenvalue weighted by molar-refractivity contribution is 7.79. The van der Waals surface area contributed by atoms with Crippen molar-refractivity contribution in [1.82, 2.24) is 0 Å². The van der Waals surface area contributed by atoms with Crippen LogP contribution in [0.25, 0.3) is 19.5 Å². The van der Waals surface area contributed by atoms with Gasteiger partial charge in [-0.15, -0.1) is 0 Å². The molecule has 0 amide bonds. The van der Waals surface area contributed by atoms with Gasteiger partial charge in [0.1, 0.15) is 5.56 Å². The van der Waals surface area contributed by atoms with E-state index in [1.54, 1.807) is 0 Å². The van der Waals surface area contributed by atoms with Crippen molar-refractivity contribution in [2.45, 2.75) is 0 Å². The molecule has 0 N–H and O–H groups in total. The molecule has 3 heteroatoms. The van der Waals surface area contributed by atoms with Crippen molar-refractivity contribution in [3.63, 3.8) is 0 Å². The van der Waals surface area contributed by atoms with Gasteiger partial charge in [0.25, 0.3) is 0 Å². The minimum absolute atomic E-state index is 1.32. The number of benzene rings is 2. The Morgan fingerprint density at radius 3 is 1.94 bits per heavy atom. The molecular formula is C14H10S3+2. The van der Waals surface area contributed by atoms with Gasteiger partial charge < -0.3 is 0 Å². The lowest BCUT2D eigenvalue weighted by Gasteiger charge is -1.83. The molecule has 0 saturated heterocycles. The normalized spacial score (nSPS) is 10.4. The van der Waals surface area contributed by atoms with Crippen LogP contribution in [0.2, 0.25) is 0 Å². The maximum Gasteiger partial charge on any atom is 0.500 e. The Balaban J connectivity index is 1.99. The predicted molar refractivity (Wildman–Crippen MR) is 79.8 cm³/mol. The van der Waals surface area contributed by atoms with Crippen LogP contribution in [0.1, 0.15) is 0 Å². The van der Waals surface area contributed by atoms with Crippen LogP contribution in [0.3, 0.4) is 0 Å². The monoisotopic (exact) mass is 274 g/mol. The zero-order valence-corrected chi connectivity index (χ0v) is 11.4. The summed E-state index contributed by atoms with van der Waals surface area (Å²) in [6, 6.07) is 21.2. The summed E-state index contributed by atoms with van der Waals surface area (Å²) in [5.41, 5.74) is 2.64. The molecule has 3 aromatic rings. The summed E-state index contributed by atoms with van der Waals surface area (Å²) in [6.45, 7) is 0. The van der Waals surface area contributed by atoms with Crippen molar-refractivity contribution in [2.24, 2.45) is 0 Å². The fourth-order valence-electron chi connectivity index (χ4n) is 1.56. The first-order valence-corrected chi connectivity index (χ1v) is 8.27. The SMILES string of the molecule is c1ccc(-c2s[s+]c(-c3ccccc3)[s+]2)cc1. The molecular weight excluding hydrogens is 264 g/mol. The smallest absolute Gasteiger partial charge is 0.0622 e. The van der Waals surface area contributed by atoms with E-state index in [9.17, 15) is 0 Å². The Morgan fingerprint density at radius 2 is 1.29 bits per heavy atom. The third-order valence-electron chi connectivity index (χ3n) is 2.40. The zero-order valence-electron chi connectivity index (χ0n) is 9.00. The molecule has 1 aromatic heterocycles. The van der Waals surface area contributed by atoms with Crippen molar-refractivity contribution in [3.8, 4) is 19.5 Å². The van der Waals surface area contributed by atoms with Crippen LogP contribution >= 0.6 is 32.0 Å². The fourth-order valence-corrected chi connectivity index (χ4v) is 6.04. The summed E-state index contributed by atoms with van der Waals surface area (Å²) in [7, 11) is 3.72. The molecule has 3 rings (SSSR count). The molecule has 0 unspecified atom stereocenters. The van der Waals surface area contributed by atoms with E-state index in [4.69, 9.17) is 0 Å². The first-order chi connectivity index (χ1) is 8.43. The first kappa shape index (κ1) is 11.0. The summed E-state index contributed by atoms with van der Waals surface area (Å²) in [6.07, 6.45) is 0. The van der Waals surface area contributed by atoms with Gasteiger partial charge in [-0.3, -0.25) is 0 Å². The van der Waals surface area contributed by atoms with Crippen LogP contribution in [-0.2, 0) is 0 Å². The van der Waals surface area contributed by atoms with Crippen LogP contribution in [0.5, 0.6) is 0 Å². The second kappa shape index (κ2) is 5.00. The summed E-state index contributed by atoms with van der Waals surface area (Å²) < 4.78 is 2.77. The van der Waals surface area contributed by atoms with Crippen LogP contribution < -0.4 is 0 Å². The summed E-state index contributed by atoms with van der Waals surface area (Å²) in [4.78, 5) is 0. The summed E-state index contributed by atoms with van der Waals surface area (Å²) in [5, 5.41) is 0. The molecule has 17 heavy (non-hydrogen) atoms. The molecule has 0 aliphatic rings. The average molecular weight is 274 g/mol. The maximum atomic E-state index is 2.17. The Hall–Kier alpha value is -1.16. The number of hydrogen-bond donors (Lipinski definition) is 0. The third kappa shape index (κ3) is 2.41. The molecule has 0 fully saturated rings. The quantitative estimate of drug-likeness (QED) is 0.411. The van der Waals surface area contributed by atoms with E-state index in [1.165, 1.54) is 19.5 Å². The van der Waals surface area contributed by atoms with E-state index in [2.05, 4.69) is 60.7 Å². The van der Waals surface area contributed by atoms with E-state index in [1.807, 2.05) is 32.0 Å². The molecule has 0 aliphatic carbocycles. The van der Waals surface area contributed by atoms with Gasteiger partial charge in [-0.25, -0.2) is 0 Å². The highest BCUT2D eigenvalue weighted by atomic mass is 32.9. The molecule has 2 aromatic carbocycles. The molecule has 0 aliphatic heterocycles. The van der Waals surface area contributed by atoms with Crippen LogP contribution in [0.15, 0.2) is 60.7 Å². The maximum absolute atomic E-state index is 2.17. The van der Waals surface area contributed by atoms with E-state index in [-0.39, 0.29) is 0 Å².